The van der Waals surface area contributed by atoms with Gasteiger partial charge in [-0.1, -0.05) is 6.07 Å². The molecule has 1 aromatic carbocycles. The summed E-state index contributed by atoms with van der Waals surface area (Å²) in [6.07, 6.45) is 0. The number of pyridine rings is 1. The van der Waals surface area contributed by atoms with Crippen LogP contribution in [0.2, 0.25) is 0 Å². The number of aromatic nitrogens is 1. The van der Waals surface area contributed by atoms with E-state index < -0.39 is 11.7 Å². The predicted molar refractivity (Wildman–Crippen MR) is 82.6 cm³/mol. The standard InChI is InChI=1S/C14H12FIN2O2/c1-8-3-4-9(15)11(7-8)18-14(19)10-5-6-12(20-2)13(16)17-10/h3-7H,1-2H3,(H,18,19). The van der Waals surface area contributed by atoms with Gasteiger partial charge in [-0.2, -0.15) is 0 Å². The van der Waals surface area contributed by atoms with Crippen molar-refractivity contribution in [1.29, 1.82) is 0 Å². The maximum absolute atomic E-state index is 13.6. The van der Waals surface area contributed by atoms with E-state index in [1.54, 1.807) is 18.2 Å². The van der Waals surface area contributed by atoms with Crippen LogP contribution < -0.4 is 10.1 Å². The Hall–Kier alpha value is -1.70. The molecular formula is C14H12FIN2O2. The first-order valence-electron chi connectivity index (χ1n) is 5.79. The molecule has 0 saturated heterocycles. The van der Waals surface area contributed by atoms with Crippen LogP contribution in [0.4, 0.5) is 10.1 Å². The fourth-order valence-electron chi connectivity index (χ4n) is 1.62. The number of aryl methyl sites for hydroxylation is 1. The number of ether oxygens (including phenoxy) is 1. The minimum absolute atomic E-state index is 0.141. The van der Waals surface area contributed by atoms with E-state index in [4.69, 9.17) is 4.74 Å². The summed E-state index contributed by atoms with van der Waals surface area (Å²) in [5.41, 5.74) is 1.21. The van der Waals surface area contributed by atoms with Crippen molar-refractivity contribution in [3.05, 3.63) is 51.1 Å². The van der Waals surface area contributed by atoms with E-state index in [-0.39, 0.29) is 11.4 Å². The van der Waals surface area contributed by atoms with E-state index in [1.165, 1.54) is 19.2 Å². The lowest BCUT2D eigenvalue weighted by Gasteiger charge is -2.08. The highest BCUT2D eigenvalue weighted by Gasteiger charge is 2.13. The van der Waals surface area contributed by atoms with Gasteiger partial charge in [0.1, 0.15) is 15.2 Å². The van der Waals surface area contributed by atoms with E-state index in [1.807, 2.05) is 29.5 Å². The fourth-order valence-corrected chi connectivity index (χ4v) is 2.28. The van der Waals surface area contributed by atoms with Crippen LogP contribution in [-0.2, 0) is 0 Å². The Morgan fingerprint density at radius 3 is 2.75 bits per heavy atom. The second kappa shape index (κ2) is 6.17. The monoisotopic (exact) mass is 386 g/mol. The molecule has 0 saturated carbocycles. The van der Waals surface area contributed by atoms with Crippen LogP contribution in [0, 0.1) is 16.4 Å². The van der Waals surface area contributed by atoms with Crippen molar-refractivity contribution in [1.82, 2.24) is 4.98 Å². The maximum Gasteiger partial charge on any atom is 0.274 e. The van der Waals surface area contributed by atoms with Gasteiger partial charge >= 0.3 is 0 Å². The Morgan fingerprint density at radius 2 is 2.10 bits per heavy atom. The molecule has 1 N–H and O–H groups in total. The number of nitrogens with one attached hydrogen (secondary N) is 1. The third-order valence-electron chi connectivity index (χ3n) is 2.64. The topological polar surface area (TPSA) is 51.2 Å². The van der Waals surface area contributed by atoms with Crippen LogP contribution in [0.5, 0.6) is 5.75 Å². The Kier molecular flexibility index (Phi) is 4.53. The maximum atomic E-state index is 13.6. The second-order valence-corrected chi connectivity index (χ2v) is 5.15. The van der Waals surface area contributed by atoms with Crippen molar-refractivity contribution >= 4 is 34.2 Å². The fraction of sp³-hybridized carbons (Fsp3) is 0.143. The van der Waals surface area contributed by atoms with Crippen LogP contribution in [0.3, 0.4) is 0 Å². The summed E-state index contributed by atoms with van der Waals surface area (Å²) >= 11 is 1.97. The van der Waals surface area contributed by atoms with Gasteiger partial charge in [0.25, 0.3) is 5.91 Å². The van der Waals surface area contributed by atoms with Crippen LogP contribution in [0.1, 0.15) is 16.1 Å². The zero-order chi connectivity index (χ0) is 14.7. The molecule has 0 radical (unpaired) electrons. The number of halogens is 2. The average Bonchev–Trinajstić information content (AvgIpc) is 2.42. The molecule has 0 aliphatic carbocycles. The average molecular weight is 386 g/mol. The van der Waals surface area contributed by atoms with E-state index in [0.717, 1.165) is 5.56 Å². The predicted octanol–water partition coefficient (Wildman–Crippen LogP) is 3.39. The summed E-state index contributed by atoms with van der Waals surface area (Å²) in [5.74, 6) is -0.355. The molecule has 1 heterocycles. The van der Waals surface area contributed by atoms with Gasteiger partial charge in [-0.15, -0.1) is 0 Å². The largest absolute Gasteiger partial charge is 0.494 e. The highest BCUT2D eigenvalue weighted by Crippen LogP contribution is 2.20. The smallest absolute Gasteiger partial charge is 0.274 e. The molecule has 20 heavy (non-hydrogen) atoms. The van der Waals surface area contributed by atoms with Crippen molar-refractivity contribution in [3.63, 3.8) is 0 Å². The molecule has 0 spiro atoms. The van der Waals surface area contributed by atoms with Crippen molar-refractivity contribution in [2.45, 2.75) is 6.92 Å². The number of rotatable bonds is 3. The second-order valence-electron chi connectivity index (χ2n) is 4.13. The van der Waals surface area contributed by atoms with Crippen LogP contribution in [0.15, 0.2) is 30.3 Å². The number of benzene rings is 1. The van der Waals surface area contributed by atoms with Crippen molar-refractivity contribution in [2.24, 2.45) is 0 Å². The summed E-state index contributed by atoms with van der Waals surface area (Å²) < 4.78 is 19.2. The van der Waals surface area contributed by atoms with E-state index in [0.29, 0.717) is 9.45 Å². The first kappa shape index (κ1) is 14.7. The number of carbonyl (C=O) groups excluding carboxylic acids is 1. The first-order chi connectivity index (χ1) is 9.51. The quantitative estimate of drug-likeness (QED) is 0.650. The summed E-state index contributed by atoms with van der Waals surface area (Å²) in [6.45, 7) is 1.82. The molecule has 2 aromatic rings. The number of amides is 1. The van der Waals surface area contributed by atoms with Gasteiger partial charge < -0.3 is 10.1 Å². The Morgan fingerprint density at radius 1 is 1.35 bits per heavy atom. The van der Waals surface area contributed by atoms with Gasteiger partial charge in [0, 0.05) is 0 Å². The molecule has 0 bridgehead atoms. The Balaban J connectivity index is 2.24. The minimum atomic E-state index is -0.479. The van der Waals surface area contributed by atoms with Crippen LogP contribution >= 0.6 is 22.6 Å². The Labute approximate surface area is 129 Å². The lowest BCUT2D eigenvalue weighted by molar-refractivity contribution is 0.102. The van der Waals surface area contributed by atoms with Crippen LogP contribution in [-0.4, -0.2) is 18.0 Å². The molecule has 4 nitrogen and oxygen atoms in total. The summed E-state index contributed by atoms with van der Waals surface area (Å²) in [7, 11) is 1.53. The number of carbonyl (C=O) groups is 1. The number of methoxy groups -OCH3 is 1. The van der Waals surface area contributed by atoms with Gasteiger partial charge in [-0.05, 0) is 59.3 Å². The van der Waals surface area contributed by atoms with Crippen LogP contribution in [0.25, 0.3) is 0 Å². The summed E-state index contributed by atoms with van der Waals surface area (Å²) in [4.78, 5) is 16.2. The molecule has 1 amide bonds. The zero-order valence-corrected chi connectivity index (χ0v) is 13.1. The highest BCUT2D eigenvalue weighted by atomic mass is 127. The third kappa shape index (κ3) is 3.24. The van der Waals surface area contributed by atoms with E-state index in [9.17, 15) is 9.18 Å². The molecular weight excluding hydrogens is 374 g/mol. The van der Waals surface area contributed by atoms with E-state index in [2.05, 4.69) is 10.3 Å². The zero-order valence-electron chi connectivity index (χ0n) is 10.9. The van der Waals surface area contributed by atoms with Gasteiger partial charge in [0.2, 0.25) is 0 Å². The molecule has 0 atom stereocenters. The third-order valence-corrected chi connectivity index (χ3v) is 3.41. The number of hydrogen-bond acceptors (Lipinski definition) is 3. The number of nitrogens with zero attached hydrogens (tertiary/aromatic N) is 1. The normalized spacial score (nSPS) is 10.2. The lowest BCUT2D eigenvalue weighted by Crippen LogP contribution is -2.15. The van der Waals surface area contributed by atoms with E-state index >= 15 is 0 Å². The molecule has 2 rings (SSSR count). The number of anilines is 1. The number of hydrogen-bond donors (Lipinski definition) is 1. The first-order valence-corrected chi connectivity index (χ1v) is 6.87. The van der Waals surface area contributed by atoms with Crippen molar-refractivity contribution < 1.29 is 13.9 Å². The summed E-state index contributed by atoms with van der Waals surface area (Å²) in [5, 5.41) is 2.51. The van der Waals surface area contributed by atoms with Crippen molar-refractivity contribution in [3.8, 4) is 5.75 Å². The minimum Gasteiger partial charge on any atom is -0.494 e. The molecule has 6 heteroatoms. The highest BCUT2D eigenvalue weighted by molar-refractivity contribution is 14.1. The van der Waals surface area contributed by atoms with Gasteiger partial charge in [-0.25, -0.2) is 9.37 Å². The Bertz CT molecular complexity index is 662. The van der Waals surface area contributed by atoms with Gasteiger partial charge in [0.05, 0.1) is 12.8 Å². The summed E-state index contributed by atoms with van der Waals surface area (Å²) in [6, 6.07) is 7.71. The molecule has 0 unspecified atom stereocenters. The molecule has 0 aliphatic heterocycles. The molecule has 104 valence electrons. The lowest BCUT2D eigenvalue weighted by atomic mass is 10.2. The van der Waals surface area contributed by atoms with Gasteiger partial charge in [0.15, 0.2) is 5.75 Å². The SMILES string of the molecule is COc1ccc(C(=O)Nc2cc(C)ccc2F)nc1I. The molecule has 0 aliphatic rings. The van der Waals surface area contributed by atoms with Crippen molar-refractivity contribution in [2.75, 3.05) is 12.4 Å². The van der Waals surface area contributed by atoms with Gasteiger partial charge in [-0.3, -0.25) is 4.79 Å². The molecule has 1 aromatic heterocycles. The molecule has 0 fully saturated rings.